The van der Waals surface area contributed by atoms with Crippen molar-refractivity contribution in [1.29, 1.82) is 0 Å². The molecule has 0 amide bonds. The van der Waals surface area contributed by atoms with Gasteiger partial charge in [0.25, 0.3) is 5.95 Å². The van der Waals surface area contributed by atoms with Crippen LogP contribution in [-0.4, -0.2) is 4.98 Å². The number of aromatic nitrogens is 1. The molecule has 94 valence electrons. The van der Waals surface area contributed by atoms with Crippen molar-refractivity contribution in [1.82, 2.24) is 4.98 Å². The molecular weight excluding hydrogens is 311 g/mol. The normalized spacial score (nSPS) is 10.4. The highest BCUT2D eigenvalue weighted by atomic mass is 79.9. The highest BCUT2D eigenvalue weighted by Crippen LogP contribution is 2.21. The fourth-order valence-electron chi connectivity index (χ4n) is 1.36. The Morgan fingerprint density at radius 1 is 1.06 bits per heavy atom. The van der Waals surface area contributed by atoms with Crippen LogP contribution in [0.15, 0.2) is 34.9 Å². The van der Waals surface area contributed by atoms with Gasteiger partial charge in [0.1, 0.15) is 18.2 Å². The molecule has 0 atom stereocenters. The van der Waals surface area contributed by atoms with Gasteiger partial charge in [-0.1, -0.05) is 0 Å². The van der Waals surface area contributed by atoms with E-state index in [1.54, 1.807) is 0 Å². The predicted molar refractivity (Wildman–Crippen MR) is 62.6 cm³/mol. The van der Waals surface area contributed by atoms with Crippen molar-refractivity contribution in [3.05, 3.63) is 58.1 Å². The first kappa shape index (κ1) is 12.9. The smallest absolute Gasteiger partial charge is 0.255 e. The van der Waals surface area contributed by atoms with E-state index in [0.717, 1.165) is 18.2 Å². The topological polar surface area (TPSA) is 22.1 Å². The van der Waals surface area contributed by atoms with Gasteiger partial charge >= 0.3 is 0 Å². The molecule has 0 bridgehead atoms. The summed E-state index contributed by atoms with van der Waals surface area (Å²) in [6.45, 7) is -0.149. The van der Waals surface area contributed by atoms with Gasteiger partial charge in [0.15, 0.2) is 5.75 Å². The molecule has 6 heteroatoms. The van der Waals surface area contributed by atoms with E-state index in [2.05, 4.69) is 20.9 Å². The Balaban J connectivity index is 2.13. The van der Waals surface area contributed by atoms with E-state index < -0.39 is 17.6 Å². The summed E-state index contributed by atoms with van der Waals surface area (Å²) in [5.41, 5.74) is 0.270. The minimum absolute atomic E-state index is 0.0888. The third-order valence-corrected chi connectivity index (χ3v) is 2.52. The van der Waals surface area contributed by atoms with Crippen molar-refractivity contribution in [2.24, 2.45) is 0 Å². The van der Waals surface area contributed by atoms with E-state index >= 15 is 0 Å². The zero-order valence-electron chi connectivity index (χ0n) is 8.96. The lowest BCUT2D eigenvalue weighted by molar-refractivity contribution is 0.284. The van der Waals surface area contributed by atoms with Gasteiger partial charge in [0.2, 0.25) is 0 Å². The van der Waals surface area contributed by atoms with Gasteiger partial charge in [0, 0.05) is 22.8 Å². The Morgan fingerprint density at radius 3 is 2.39 bits per heavy atom. The second-order valence-corrected chi connectivity index (χ2v) is 4.42. The van der Waals surface area contributed by atoms with Crippen molar-refractivity contribution in [2.75, 3.05) is 0 Å². The lowest BCUT2D eigenvalue weighted by atomic mass is 10.2. The molecule has 0 N–H and O–H groups in total. The molecule has 0 aliphatic carbocycles. The van der Waals surface area contributed by atoms with Crippen molar-refractivity contribution < 1.29 is 17.9 Å². The fourth-order valence-corrected chi connectivity index (χ4v) is 1.67. The monoisotopic (exact) mass is 317 g/mol. The van der Waals surface area contributed by atoms with E-state index in [1.165, 1.54) is 12.3 Å². The number of pyridine rings is 1. The van der Waals surface area contributed by atoms with Gasteiger partial charge in [-0.3, -0.25) is 0 Å². The van der Waals surface area contributed by atoms with Gasteiger partial charge in [-0.15, -0.1) is 0 Å². The first-order valence-electron chi connectivity index (χ1n) is 4.93. The number of rotatable bonds is 3. The highest BCUT2D eigenvalue weighted by Gasteiger charge is 2.07. The molecule has 0 saturated carbocycles. The van der Waals surface area contributed by atoms with E-state index in [1.807, 2.05) is 0 Å². The summed E-state index contributed by atoms with van der Waals surface area (Å²) < 4.78 is 44.7. The van der Waals surface area contributed by atoms with E-state index in [-0.39, 0.29) is 17.9 Å². The molecule has 1 heterocycles. The van der Waals surface area contributed by atoms with Crippen LogP contribution in [0.5, 0.6) is 5.75 Å². The van der Waals surface area contributed by atoms with E-state index in [0.29, 0.717) is 4.47 Å². The van der Waals surface area contributed by atoms with Crippen LogP contribution in [0, 0.1) is 17.6 Å². The zero-order chi connectivity index (χ0) is 13.1. The summed E-state index contributed by atoms with van der Waals surface area (Å²) in [4.78, 5) is 3.44. The molecule has 2 aromatic rings. The van der Waals surface area contributed by atoms with Crippen molar-refractivity contribution in [3.63, 3.8) is 0 Å². The SMILES string of the molecule is Fc1cc(F)cc(COc2cc(Br)cnc2F)c1. The summed E-state index contributed by atoms with van der Waals surface area (Å²) in [5.74, 6) is -2.29. The molecular formula is C12H7BrF3NO. The summed E-state index contributed by atoms with van der Waals surface area (Å²) in [6.07, 6.45) is 1.28. The quantitative estimate of drug-likeness (QED) is 0.802. The molecule has 0 fully saturated rings. The average Bonchev–Trinajstić information content (AvgIpc) is 2.29. The summed E-state index contributed by atoms with van der Waals surface area (Å²) in [6, 6.07) is 4.38. The zero-order valence-corrected chi connectivity index (χ0v) is 10.5. The molecule has 0 aliphatic rings. The third-order valence-electron chi connectivity index (χ3n) is 2.09. The number of halogens is 4. The lowest BCUT2D eigenvalue weighted by Crippen LogP contribution is -2.00. The van der Waals surface area contributed by atoms with Gasteiger partial charge in [-0.05, 0) is 33.6 Å². The van der Waals surface area contributed by atoms with Crippen molar-refractivity contribution >= 4 is 15.9 Å². The van der Waals surface area contributed by atoms with Crippen LogP contribution in [0.3, 0.4) is 0 Å². The number of ether oxygens (including phenoxy) is 1. The minimum atomic E-state index is -0.782. The van der Waals surface area contributed by atoms with E-state index in [9.17, 15) is 13.2 Å². The molecule has 1 aromatic carbocycles. The summed E-state index contributed by atoms with van der Waals surface area (Å²) >= 11 is 3.12. The molecule has 0 aliphatic heterocycles. The van der Waals surface area contributed by atoms with Gasteiger partial charge in [-0.25, -0.2) is 13.8 Å². The Kier molecular flexibility index (Phi) is 3.86. The molecule has 0 spiro atoms. The van der Waals surface area contributed by atoms with Crippen LogP contribution in [0.1, 0.15) is 5.56 Å². The maximum atomic E-state index is 13.2. The average molecular weight is 318 g/mol. The molecule has 2 nitrogen and oxygen atoms in total. The second kappa shape index (κ2) is 5.39. The van der Waals surface area contributed by atoms with E-state index in [4.69, 9.17) is 4.74 Å². The van der Waals surface area contributed by atoms with Crippen LogP contribution < -0.4 is 4.74 Å². The minimum Gasteiger partial charge on any atom is -0.484 e. The van der Waals surface area contributed by atoms with Crippen molar-refractivity contribution in [3.8, 4) is 5.75 Å². The Hall–Kier alpha value is -1.56. The number of benzene rings is 1. The highest BCUT2D eigenvalue weighted by molar-refractivity contribution is 9.10. The maximum absolute atomic E-state index is 13.2. The number of hydrogen-bond acceptors (Lipinski definition) is 2. The fraction of sp³-hybridized carbons (Fsp3) is 0.0833. The van der Waals surface area contributed by atoms with Gasteiger partial charge in [0.05, 0.1) is 0 Å². The Bertz CT molecular complexity index is 557. The molecule has 0 radical (unpaired) electrons. The van der Waals surface area contributed by atoms with Gasteiger partial charge in [-0.2, -0.15) is 4.39 Å². The largest absolute Gasteiger partial charge is 0.484 e. The van der Waals surface area contributed by atoms with Crippen molar-refractivity contribution in [2.45, 2.75) is 6.61 Å². The molecule has 18 heavy (non-hydrogen) atoms. The first-order chi connectivity index (χ1) is 8.54. The van der Waals surface area contributed by atoms with Crippen LogP contribution in [0.2, 0.25) is 0 Å². The second-order valence-electron chi connectivity index (χ2n) is 3.51. The third kappa shape index (κ3) is 3.22. The number of hydrogen-bond donors (Lipinski definition) is 0. The Labute approximate surface area is 110 Å². The molecule has 2 rings (SSSR count). The molecule has 0 unspecified atom stereocenters. The standard InChI is InChI=1S/C12H7BrF3NO/c13-8-3-11(12(16)17-5-8)18-6-7-1-9(14)4-10(15)2-7/h1-5H,6H2. The maximum Gasteiger partial charge on any atom is 0.255 e. The van der Waals surface area contributed by atoms with Crippen LogP contribution in [-0.2, 0) is 6.61 Å². The molecule has 0 saturated heterocycles. The Morgan fingerprint density at radius 2 is 1.72 bits per heavy atom. The summed E-state index contributed by atoms with van der Waals surface area (Å²) in [5, 5.41) is 0. The van der Waals surface area contributed by atoms with Crippen LogP contribution in [0.4, 0.5) is 13.2 Å². The van der Waals surface area contributed by atoms with Crippen LogP contribution >= 0.6 is 15.9 Å². The van der Waals surface area contributed by atoms with Crippen LogP contribution in [0.25, 0.3) is 0 Å². The summed E-state index contributed by atoms with van der Waals surface area (Å²) in [7, 11) is 0. The number of nitrogens with zero attached hydrogens (tertiary/aromatic N) is 1. The van der Waals surface area contributed by atoms with Gasteiger partial charge < -0.3 is 4.74 Å². The molecule has 1 aromatic heterocycles. The lowest BCUT2D eigenvalue weighted by Gasteiger charge is -2.07. The predicted octanol–water partition coefficient (Wildman–Crippen LogP) is 3.84. The first-order valence-corrected chi connectivity index (χ1v) is 5.73.